The van der Waals surface area contributed by atoms with E-state index in [0.717, 1.165) is 25.9 Å². The Morgan fingerprint density at radius 2 is 1.36 bits per heavy atom. The molecule has 0 bridgehead atoms. The van der Waals surface area contributed by atoms with Crippen LogP contribution in [0.1, 0.15) is 52.9 Å². The Balaban J connectivity index is 3.12. The van der Waals surface area contributed by atoms with Crippen molar-refractivity contribution in [3.05, 3.63) is 0 Å². The lowest BCUT2D eigenvalue weighted by Gasteiger charge is -2.08. The smallest absolute Gasteiger partial charge is 0.305 e. The zero-order valence-electron chi connectivity index (χ0n) is 14.6. The van der Waals surface area contributed by atoms with Crippen LogP contribution in [0.5, 0.6) is 0 Å². The Kier molecular flexibility index (Phi) is 16.2. The molecule has 0 aliphatic rings. The molecule has 5 nitrogen and oxygen atoms in total. The van der Waals surface area contributed by atoms with Crippen molar-refractivity contribution in [2.24, 2.45) is 5.92 Å². The summed E-state index contributed by atoms with van der Waals surface area (Å²) in [4.78, 5) is 11.4. The van der Waals surface area contributed by atoms with Gasteiger partial charge in [0, 0.05) is 19.6 Å². The first kappa shape index (κ1) is 21.4. The lowest BCUT2D eigenvalue weighted by molar-refractivity contribution is -0.144. The Bertz CT molecular complexity index is 243. The number of unbranched alkanes of at least 4 members (excludes halogenated alkanes) is 1. The van der Waals surface area contributed by atoms with E-state index in [2.05, 4.69) is 20.8 Å². The zero-order valence-corrected chi connectivity index (χ0v) is 14.6. The SMILES string of the molecule is CCCCOCCOCCOCCCC(=O)OCCC(C)C. The molecule has 0 amide bonds. The number of rotatable bonds is 16. The molecule has 0 heterocycles. The molecule has 0 radical (unpaired) electrons. The number of ether oxygens (including phenoxy) is 4. The fraction of sp³-hybridized carbons (Fsp3) is 0.941. The molecular formula is C17H34O5. The summed E-state index contributed by atoms with van der Waals surface area (Å²) in [5, 5.41) is 0. The molecular weight excluding hydrogens is 284 g/mol. The van der Waals surface area contributed by atoms with Crippen molar-refractivity contribution in [3.8, 4) is 0 Å². The van der Waals surface area contributed by atoms with E-state index < -0.39 is 0 Å². The molecule has 0 unspecified atom stereocenters. The lowest BCUT2D eigenvalue weighted by atomic mass is 10.1. The van der Waals surface area contributed by atoms with Crippen molar-refractivity contribution in [1.82, 2.24) is 0 Å². The minimum Gasteiger partial charge on any atom is -0.466 e. The second kappa shape index (κ2) is 16.7. The van der Waals surface area contributed by atoms with E-state index in [9.17, 15) is 4.79 Å². The average Bonchev–Trinajstić information content (AvgIpc) is 2.48. The maximum atomic E-state index is 11.4. The molecule has 0 aromatic rings. The Morgan fingerprint density at radius 3 is 1.91 bits per heavy atom. The Labute approximate surface area is 135 Å². The van der Waals surface area contributed by atoms with Crippen LogP contribution in [0, 0.1) is 5.92 Å². The normalized spacial score (nSPS) is 11.1. The monoisotopic (exact) mass is 318 g/mol. The van der Waals surface area contributed by atoms with Gasteiger partial charge in [-0.25, -0.2) is 0 Å². The summed E-state index contributed by atoms with van der Waals surface area (Å²) in [7, 11) is 0. The second-order valence-electron chi connectivity index (χ2n) is 5.70. The first-order valence-electron chi connectivity index (χ1n) is 8.55. The van der Waals surface area contributed by atoms with Crippen LogP contribution in [-0.4, -0.2) is 52.2 Å². The highest BCUT2D eigenvalue weighted by molar-refractivity contribution is 5.69. The average molecular weight is 318 g/mol. The van der Waals surface area contributed by atoms with Crippen LogP contribution < -0.4 is 0 Å². The third-order valence-corrected chi connectivity index (χ3v) is 3.01. The van der Waals surface area contributed by atoms with Crippen LogP contribution in [-0.2, 0) is 23.7 Å². The fourth-order valence-electron chi connectivity index (χ4n) is 1.59. The summed E-state index contributed by atoms with van der Waals surface area (Å²) >= 11 is 0. The number of esters is 1. The van der Waals surface area contributed by atoms with Crippen molar-refractivity contribution in [2.75, 3.05) is 46.2 Å². The van der Waals surface area contributed by atoms with Gasteiger partial charge in [-0.3, -0.25) is 4.79 Å². The highest BCUT2D eigenvalue weighted by Gasteiger charge is 2.03. The second-order valence-corrected chi connectivity index (χ2v) is 5.70. The maximum absolute atomic E-state index is 11.4. The standard InChI is InChI=1S/C17H34O5/c1-4-5-9-19-12-14-21-15-13-20-10-6-7-17(18)22-11-8-16(2)3/h16H,4-15H2,1-3H3. The summed E-state index contributed by atoms with van der Waals surface area (Å²) in [6, 6.07) is 0. The van der Waals surface area contributed by atoms with Crippen LogP contribution in [0.15, 0.2) is 0 Å². The highest BCUT2D eigenvalue weighted by atomic mass is 16.5. The number of hydrogen-bond acceptors (Lipinski definition) is 5. The minimum atomic E-state index is -0.135. The molecule has 132 valence electrons. The number of carbonyl (C=O) groups excluding carboxylic acids is 1. The van der Waals surface area contributed by atoms with Gasteiger partial charge in [0.15, 0.2) is 0 Å². The molecule has 0 N–H and O–H groups in total. The molecule has 0 aliphatic heterocycles. The van der Waals surface area contributed by atoms with E-state index in [1.54, 1.807) is 0 Å². The maximum Gasteiger partial charge on any atom is 0.305 e. The minimum absolute atomic E-state index is 0.135. The predicted molar refractivity (Wildman–Crippen MR) is 87.0 cm³/mol. The van der Waals surface area contributed by atoms with E-state index in [4.69, 9.17) is 18.9 Å². The molecule has 0 fully saturated rings. The van der Waals surface area contributed by atoms with Crippen molar-refractivity contribution in [3.63, 3.8) is 0 Å². The van der Waals surface area contributed by atoms with Gasteiger partial charge < -0.3 is 18.9 Å². The molecule has 0 aromatic carbocycles. The van der Waals surface area contributed by atoms with E-state index in [1.807, 2.05) is 0 Å². The predicted octanol–water partition coefficient (Wildman–Crippen LogP) is 3.21. The third-order valence-electron chi connectivity index (χ3n) is 3.01. The summed E-state index contributed by atoms with van der Waals surface area (Å²) in [6.45, 7) is 10.6. The molecule has 0 saturated heterocycles. The third kappa shape index (κ3) is 17.4. The topological polar surface area (TPSA) is 54.0 Å². The Morgan fingerprint density at radius 1 is 0.818 bits per heavy atom. The molecule has 0 aliphatic carbocycles. The van der Waals surface area contributed by atoms with Gasteiger partial charge in [0.05, 0.1) is 33.0 Å². The first-order chi connectivity index (χ1) is 10.7. The quantitative estimate of drug-likeness (QED) is 0.323. The molecule has 0 saturated carbocycles. The summed E-state index contributed by atoms with van der Waals surface area (Å²) in [5.41, 5.74) is 0. The van der Waals surface area contributed by atoms with Crippen molar-refractivity contribution >= 4 is 5.97 Å². The van der Waals surface area contributed by atoms with Crippen LogP contribution >= 0.6 is 0 Å². The lowest BCUT2D eigenvalue weighted by Crippen LogP contribution is -2.11. The summed E-state index contributed by atoms with van der Waals surface area (Å²) < 4.78 is 21.3. The van der Waals surface area contributed by atoms with Gasteiger partial charge in [-0.15, -0.1) is 0 Å². The first-order valence-corrected chi connectivity index (χ1v) is 8.55. The van der Waals surface area contributed by atoms with E-state index in [1.165, 1.54) is 0 Å². The van der Waals surface area contributed by atoms with Gasteiger partial charge in [0.2, 0.25) is 0 Å². The molecule has 0 rings (SSSR count). The Hall–Kier alpha value is -0.650. The van der Waals surface area contributed by atoms with Crippen LogP contribution in [0.4, 0.5) is 0 Å². The molecule has 0 atom stereocenters. The number of carbonyl (C=O) groups is 1. The summed E-state index contributed by atoms with van der Waals surface area (Å²) in [5.74, 6) is 0.429. The fourth-order valence-corrected chi connectivity index (χ4v) is 1.59. The van der Waals surface area contributed by atoms with Gasteiger partial charge >= 0.3 is 5.97 Å². The van der Waals surface area contributed by atoms with Gasteiger partial charge in [-0.2, -0.15) is 0 Å². The van der Waals surface area contributed by atoms with Crippen molar-refractivity contribution in [1.29, 1.82) is 0 Å². The zero-order chi connectivity index (χ0) is 16.5. The van der Waals surface area contributed by atoms with Crippen LogP contribution in [0.3, 0.4) is 0 Å². The molecule has 22 heavy (non-hydrogen) atoms. The van der Waals surface area contributed by atoms with Gasteiger partial charge in [-0.1, -0.05) is 27.2 Å². The molecule has 0 aromatic heterocycles. The largest absolute Gasteiger partial charge is 0.466 e. The van der Waals surface area contributed by atoms with E-state index in [0.29, 0.717) is 58.4 Å². The number of hydrogen-bond donors (Lipinski definition) is 0. The van der Waals surface area contributed by atoms with Gasteiger partial charge in [0.1, 0.15) is 0 Å². The van der Waals surface area contributed by atoms with E-state index in [-0.39, 0.29) is 5.97 Å². The molecule has 0 spiro atoms. The van der Waals surface area contributed by atoms with Crippen LogP contribution in [0.25, 0.3) is 0 Å². The summed E-state index contributed by atoms with van der Waals surface area (Å²) in [6.07, 6.45) is 4.29. The highest BCUT2D eigenvalue weighted by Crippen LogP contribution is 2.01. The van der Waals surface area contributed by atoms with Crippen LogP contribution in [0.2, 0.25) is 0 Å². The van der Waals surface area contributed by atoms with Crippen molar-refractivity contribution in [2.45, 2.75) is 52.9 Å². The van der Waals surface area contributed by atoms with Crippen molar-refractivity contribution < 1.29 is 23.7 Å². The molecule has 5 heteroatoms. The van der Waals surface area contributed by atoms with E-state index >= 15 is 0 Å². The van der Waals surface area contributed by atoms with Gasteiger partial charge in [0.25, 0.3) is 0 Å². The van der Waals surface area contributed by atoms with Gasteiger partial charge in [-0.05, 0) is 25.2 Å².